The van der Waals surface area contributed by atoms with Crippen molar-refractivity contribution in [2.45, 2.75) is 26.9 Å². The topological polar surface area (TPSA) is 35.5 Å². The van der Waals surface area contributed by atoms with Crippen LogP contribution in [-0.4, -0.2) is 29.3 Å². The standard InChI is InChI=1S/C13H22N2O/c1-4-15(10-13(16)11(2)3)14-12-8-6-5-7-9-12/h5-9,11,13-14,16H,4,10H2,1-3H3. The molecule has 0 saturated heterocycles. The molecule has 0 spiro atoms. The van der Waals surface area contributed by atoms with Crippen molar-refractivity contribution in [3.8, 4) is 0 Å². The van der Waals surface area contributed by atoms with Crippen molar-refractivity contribution in [1.29, 1.82) is 0 Å². The van der Waals surface area contributed by atoms with Gasteiger partial charge in [0.25, 0.3) is 0 Å². The molecule has 1 atom stereocenters. The molecule has 0 heterocycles. The number of aliphatic hydroxyl groups excluding tert-OH is 1. The average Bonchev–Trinajstić information content (AvgIpc) is 2.29. The van der Waals surface area contributed by atoms with Gasteiger partial charge in [-0.1, -0.05) is 39.0 Å². The highest BCUT2D eigenvalue weighted by molar-refractivity contribution is 5.41. The van der Waals surface area contributed by atoms with Crippen LogP contribution in [0.5, 0.6) is 0 Å². The number of nitrogens with one attached hydrogen (secondary N) is 1. The molecule has 1 unspecified atom stereocenters. The number of hydrogen-bond acceptors (Lipinski definition) is 3. The molecule has 0 aliphatic heterocycles. The first-order valence-corrected chi connectivity index (χ1v) is 5.88. The zero-order valence-electron chi connectivity index (χ0n) is 10.4. The van der Waals surface area contributed by atoms with Crippen molar-refractivity contribution in [1.82, 2.24) is 5.01 Å². The van der Waals surface area contributed by atoms with Gasteiger partial charge in [0, 0.05) is 18.8 Å². The second kappa shape index (κ2) is 6.51. The lowest BCUT2D eigenvalue weighted by Crippen LogP contribution is -2.38. The number of benzene rings is 1. The molecular weight excluding hydrogens is 200 g/mol. The summed E-state index contributed by atoms with van der Waals surface area (Å²) in [6.45, 7) is 7.63. The van der Waals surface area contributed by atoms with Crippen molar-refractivity contribution in [2.24, 2.45) is 5.92 Å². The Morgan fingerprint density at radius 1 is 1.25 bits per heavy atom. The number of hydrogen-bond donors (Lipinski definition) is 2. The summed E-state index contributed by atoms with van der Waals surface area (Å²) in [6.07, 6.45) is -0.295. The van der Waals surface area contributed by atoms with E-state index in [1.807, 2.05) is 49.2 Å². The molecule has 0 fully saturated rings. The van der Waals surface area contributed by atoms with Crippen LogP contribution in [-0.2, 0) is 0 Å². The maximum Gasteiger partial charge on any atom is 0.0708 e. The molecule has 1 aromatic carbocycles. The summed E-state index contributed by atoms with van der Waals surface area (Å²) >= 11 is 0. The van der Waals surface area contributed by atoms with Gasteiger partial charge in [0.1, 0.15) is 0 Å². The number of hydrazine groups is 1. The van der Waals surface area contributed by atoms with E-state index in [0.717, 1.165) is 12.2 Å². The zero-order valence-corrected chi connectivity index (χ0v) is 10.4. The van der Waals surface area contributed by atoms with Crippen molar-refractivity contribution in [3.05, 3.63) is 30.3 Å². The molecule has 0 aromatic heterocycles. The molecule has 90 valence electrons. The van der Waals surface area contributed by atoms with Crippen molar-refractivity contribution < 1.29 is 5.11 Å². The first-order chi connectivity index (χ1) is 7.63. The van der Waals surface area contributed by atoms with E-state index in [0.29, 0.717) is 6.54 Å². The molecule has 0 bridgehead atoms. The molecule has 0 saturated carbocycles. The van der Waals surface area contributed by atoms with Gasteiger partial charge in [-0.2, -0.15) is 0 Å². The van der Waals surface area contributed by atoms with Gasteiger partial charge in [0.2, 0.25) is 0 Å². The van der Waals surface area contributed by atoms with Crippen LogP contribution in [0.15, 0.2) is 30.3 Å². The predicted octanol–water partition coefficient (Wildman–Crippen LogP) is 2.35. The summed E-state index contributed by atoms with van der Waals surface area (Å²) in [4.78, 5) is 0. The van der Waals surface area contributed by atoms with Crippen molar-refractivity contribution in [2.75, 3.05) is 18.5 Å². The average molecular weight is 222 g/mol. The number of likely N-dealkylation sites (N-methyl/N-ethyl adjacent to an activating group) is 1. The van der Waals surface area contributed by atoms with Gasteiger partial charge >= 0.3 is 0 Å². The minimum absolute atomic E-state index is 0.284. The zero-order chi connectivity index (χ0) is 12.0. The second-order valence-corrected chi connectivity index (χ2v) is 4.33. The minimum Gasteiger partial charge on any atom is -0.391 e. The lowest BCUT2D eigenvalue weighted by Gasteiger charge is -2.26. The smallest absolute Gasteiger partial charge is 0.0708 e. The first-order valence-electron chi connectivity index (χ1n) is 5.88. The van der Waals surface area contributed by atoms with Crippen molar-refractivity contribution >= 4 is 5.69 Å². The monoisotopic (exact) mass is 222 g/mol. The van der Waals surface area contributed by atoms with Crippen LogP contribution in [0.3, 0.4) is 0 Å². The maximum absolute atomic E-state index is 9.82. The van der Waals surface area contributed by atoms with Gasteiger partial charge in [-0.25, -0.2) is 5.01 Å². The van der Waals surface area contributed by atoms with Crippen LogP contribution in [0, 0.1) is 5.92 Å². The molecule has 0 radical (unpaired) electrons. The molecule has 0 aliphatic carbocycles. The van der Waals surface area contributed by atoms with Crippen LogP contribution in [0.25, 0.3) is 0 Å². The van der Waals surface area contributed by atoms with Crippen molar-refractivity contribution in [3.63, 3.8) is 0 Å². The number of rotatable bonds is 6. The number of aliphatic hydroxyl groups is 1. The number of para-hydroxylation sites is 1. The van der Waals surface area contributed by atoms with Gasteiger partial charge in [0.05, 0.1) is 6.10 Å². The van der Waals surface area contributed by atoms with Gasteiger partial charge in [-0.05, 0) is 18.1 Å². The Kier molecular flexibility index (Phi) is 5.29. The van der Waals surface area contributed by atoms with E-state index in [1.165, 1.54) is 0 Å². The third-order valence-corrected chi connectivity index (χ3v) is 2.62. The SMILES string of the molecule is CCN(CC(O)C(C)C)Nc1ccccc1. The Hall–Kier alpha value is -1.06. The normalized spacial score (nSPS) is 13.1. The van der Waals surface area contributed by atoms with E-state index < -0.39 is 0 Å². The quantitative estimate of drug-likeness (QED) is 0.725. The van der Waals surface area contributed by atoms with Crippen LogP contribution < -0.4 is 5.43 Å². The maximum atomic E-state index is 9.82. The Morgan fingerprint density at radius 3 is 2.38 bits per heavy atom. The fourth-order valence-electron chi connectivity index (χ4n) is 1.39. The first kappa shape index (κ1) is 13.0. The molecule has 1 aromatic rings. The summed E-state index contributed by atoms with van der Waals surface area (Å²) < 4.78 is 0. The van der Waals surface area contributed by atoms with E-state index in [9.17, 15) is 5.11 Å². The Labute approximate surface area is 98.1 Å². The Bertz CT molecular complexity index is 287. The predicted molar refractivity (Wildman–Crippen MR) is 68.2 cm³/mol. The third kappa shape index (κ3) is 4.21. The summed E-state index contributed by atoms with van der Waals surface area (Å²) in [5.74, 6) is 0.284. The largest absolute Gasteiger partial charge is 0.391 e. The summed E-state index contributed by atoms with van der Waals surface area (Å²) in [5, 5.41) is 11.9. The molecule has 1 rings (SSSR count). The van der Waals surface area contributed by atoms with Gasteiger partial charge < -0.3 is 10.5 Å². The summed E-state index contributed by atoms with van der Waals surface area (Å²) in [6, 6.07) is 10.0. The molecule has 3 heteroatoms. The van der Waals surface area contributed by atoms with E-state index in [4.69, 9.17) is 0 Å². The van der Waals surface area contributed by atoms with Gasteiger partial charge in [0.15, 0.2) is 0 Å². The Morgan fingerprint density at radius 2 is 1.88 bits per heavy atom. The summed E-state index contributed by atoms with van der Waals surface area (Å²) in [5.41, 5.74) is 4.34. The van der Waals surface area contributed by atoms with Crippen LogP contribution >= 0.6 is 0 Å². The second-order valence-electron chi connectivity index (χ2n) is 4.33. The number of nitrogens with zero attached hydrogens (tertiary/aromatic N) is 1. The minimum atomic E-state index is -0.295. The van der Waals surface area contributed by atoms with Gasteiger partial charge in [-0.15, -0.1) is 0 Å². The lowest BCUT2D eigenvalue weighted by atomic mass is 10.1. The molecular formula is C13H22N2O. The third-order valence-electron chi connectivity index (χ3n) is 2.62. The molecule has 3 nitrogen and oxygen atoms in total. The van der Waals surface area contributed by atoms with E-state index in [-0.39, 0.29) is 12.0 Å². The summed E-state index contributed by atoms with van der Waals surface area (Å²) in [7, 11) is 0. The van der Waals surface area contributed by atoms with E-state index >= 15 is 0 Å². The molecule has 0 aliphatic rings. The van der Waals surface area contributed by atoms with Crippen LogP contribution in [0.2, 0.25) is 0 Å². The number of anilines is 1. The highest BCUT2D eigenvalue weighted by Crippen LogP contribution is 2.09. The van der Waals surface area contributed by atoms with E-state index in [1.54, 1.807) is 0 Å². The molecule has 0 amide bonds. The highest BCUT2D eigenvalue weighted by Gasteiger charge is 2.13. The Balaban J connectivity index is 2.49. The van der Waals surface area contributed by atoms with Gasteiger partial charge in [-0.3, -0.25) is 0 Å². The van der Waals surface area contributed by atoms with Crippen LogP contribution in [0.1, 0.15) is 20.8 Å². The van der Waals surface area contributed by atoms with Crippen LogP contribution in [0.4, 0.5) is 5.69 Å². The fourth-order valence-corrected chi connectivity index (χ4v) is 1.39. The molecule has 16 heavy (non-hydrogen) atoms. The molecule has 2 N–H and O–H groups in total. The lowest BCUT2D eigenvalue weighted by molar-refractivity contribution is 0.0875. The van der Waals surface area contributed by atoms with E-state index in [2.05, 4.69) is 12.3 Å². The fraction of sp³-hybridized carbons (Fsp3) is 0.538. The highest BCUT2D eigenvalue weighted by atomic mass is 16.3.